The average molecular weight is 1450 g/mol. The van der Waals surface area contributed by atoms with Gasteiger partial charge in [-0.05, 0) is 37.5 Å². The second-order valence-corrected chi connectivity index (χ2v) is 32.7. The monoisotopic (exact) mass is 1450 g/mol. The average Bonchev–Trinajstić information content (AvgIpc) is 0.961. The molecule has 0 amide bonds. The van der Waals surface area contributed by atoms with Gasteiger partial charge in [-0.15, -0.1) is 0 Å². The lowest BCUT2D eigenvalue weighted by molar-refractivity contribution is -0.161. The van der Waals surface area contributed by atoms with E-state index >= 15 is 0 Å². The van der Waals surface area contributed by atoms with E-state index < -0.39 is 97.5 Å². The van der Waals surface area contributed by atoms with Gasteiger partial charge >= 0.3 is 39.5 Å². The standard InChI is InChI=1S/C80H156O17P2/c1-7-9-11-13-15-17-19-21-23-24-25-26-27-31-36-40-46-53-59-65-79(84)96-75(68-90-77(82)62-56-50-44-38-34-32-28-29-33-37-42-48-54-60-72(3)4)70-94-98(86,87)92-66-74(81)67-93-99(88,89)95-71-76(69-91-78(83)63-57-51-47-41-43-49-55-61-73(5)6)97-80(85)64-58-52-45-39-35-30-22-20-18-16-14-12-10-8-2/h72-76,81H,7-71H2,1-6H3,(H,86,87)(H,88,89)/t74-,75-,76-/m1/s1. The number of ether oxygens (including phenoxy) is 4. The van der Waals surface area contributed by atoms with Crippen molar-refractivity contribution in [3.8, 4) is 0 Å². The number of esters is 4. The van der Waals surface area contributed by atoms with Crippen molar-refractivity contribution in [3.63, 3.8) is 0 Å². The Labute approximate surface area is 607 Å². The minimum atomic E-state index is -4.96. The Hall–Kier alpha value is -1.94. The number of aliphatic hydroxyl groups excluding tert-OH is 1. The first-order valence-electron chi connectivity index (χ1n) is 41.5. The Morgan fingerprint density at radius 1 is 0.273 bits per heavy atom. The molecule has 2 unspecified atom stereocenters. The van der Waals surface area contributed by atoms with Crippen LogP contribution in [-0.2, 0) is 65.4 Å². The quantitative estimate of drug-likeness (QED) is 0.0222. The van der Waals surface area contributed by atoms with E-state index in [-0.39, 0.29) is 25.7 Å². The lowest BCUT2D eigenvalue weighted by atomic mass is 10.0. The summed E-state index contributed by atoms with van der Waals surface area (Å²) in [6, 6.07) is 0. The van der Waals surface area contributed by atoms with Crippen LogP contribution in [0.3, 0.4) is 0 Å². The molecule has 0 aromatic rings. The van der Waals surface area contributed by atoms with E-state index in [1.165, 1.54) is 231 Å². The molecule has 0 saturated carbocycles. The Balaban J connectivity index is 5.24. The number of carbonyl (C=O) groups excluding carboxylic acids is 4. The molecule has 0 aromatic heterocycles. The maximum Gasteiger partial charge on any atom is 0.472 e. The molecule has 5 atom stereocenters. The summed E-state index contributed by atoms with van der Waals surface area (Å²) in [5, 5.41) is 10.6. The summed E-state index contributed by atoms with van der Waals surface area (Å²) in [6.07, 6.45) is 61.1. The topological polar surface area (TPSA) is 237 Å². The van der Waals surface area contributed by atoms with Crippen LogP contribution in [0.15, 0.2) is 0 Å². The SMILES string of the molecule is CCCCCCCCCCCCCCCCCCCCCC(=O)O[C@H](COC(=O)CCCCCCCCCCCCCCCC(C)C)COP(=O)(O)OC[C@@H](O)COP(=O)(O)OC[C@@H](COC(=O)CCCCCCCCCC(C)C)OC(=O)CCCCCCCCCCCCCCCC. The van der Waals surface area contributed by atoms with E-state index in [1.807, 2.05) is 0 Å². The van der Waals surface area contributed by atoms with E-state index in [0.717, 1.165) is 102 Å². The number of phosphoric acid groups is 2. The number of aliphatic hydroxyl groups is 1. The first-order chi connectivity index (χ1) is 47.9. The van der Waals surface area contributed by atoms with Gasteiger partial charge in [0.1, 0.15) is 19.3 Å². The van der Waals surface area contributed by atoms with E-state index in [1.54, 1.807) is 0 Å². The van der Waals surface area contributed by atoms with Crippen molar-refractivity contribution in [1.82, 2.24) is 0 Å². The van der Waals surface area contributed by atoms with Crippen LogP contribution in [0.25, 0.3) is 0 Å². The fraction of sp³-hybridized carbons (Fsp3) is 0.950. The molecule has 3 N–H and O–H groups in total. The summed E-state index contributed by atoms with van der Waals surface area (Å²) in [4.78, 5) is 73.0. The van der Waals surface area contributed by atoms with E-state index in [2.05, 4.69) is 41.5 Å². The highest BCUT2D eigenvalue weighted by Gasteiger charge is 2.30. The maximum atomic E-state index is 13.1. The molecule has 0 aliphatic rings. The number of carbonyl (C=O) groups is 4. The summed E-state index contributed by atoms with van der Waals surface area (Å²) in [5.41, 5.74) is 0. The van der Waals surface area contributed by atoms with Gasteiger partial charge in [0.05, 0.1) is 26.4 Å². The molecule has 0 spiro atoms. The molecule has 0 aliphatic carbocycles. The van der Waals surface area contributed by atoms with E-state index in [0.29, 0.717) is 31.6 Å². The van der Waals surface area contributed by atoms with Gasteiger partial charge in [-0.2, -0.15) is 0 Å². The summed E-state index contributed by atoms with van der Waals surface area (Å²) < 4.78 is 68.7. The van der Waals surface area contributed by atoms with Gasteiger partial charge in [-0.3, -0.25) is 37.3 Å². The van der Waals surface area contributed by atoms with Gasteiger partial charge in [0, 0.05) is 25.7 Å². The molecular formula is C80H156O17P2. The number of hydrogen-bond acceptors (Lipinski definition) is 15. The second-order valence-electron chi connectivity index (χ2n) is 29.8. The number of rotatable bonds is 79. The first-order valence-corrected chi connectivity index (χ1v) is 44.5. The Bertz CT molecular complexity index is 1910. The molecule has 99 heavy (non-hydrogen) atoms. The zero-order valence-electron chi connectivity index (χ0n) is 64.8. The molecule has 0 saturated heterocycles. The molecule has 0 radical (unpaired) electrons. The lowest BCUT2D eigenvalue weighted by Crippen LogP contribution is -2.30. The normalized spacial score (nSPS) is 13.9. The van der Waals surface area contributed by atoms with Crippen LogP contribution in [0.4, 0.5) is 0 Å². The Kier molecular flexibility index (Phi) is 70.3. The molecule has 0 rings (SSSR count). The van der Waals surface area contributed by atoms with Crippen LogP contribution < -0.4 is 0 Å². The fourth-order valence-corrected chi connectivity index (χ4v) is 13.9. The maximum absolute atomic E-state index is 13.1. The number of hydrogen-bond donors (Lipinski definition) is 3. The largest absolute Gasteiger partial charge is 0.472 e. The molecule has 17 nitrogen and oxygen atoms in total. The van der Waals surface area contributed by atoms with Crippen molar-refractivity contribution in [2.24, 2.45) is 11.8 Å². The summed E-state index contributed by atoms with van der Waals surface area (Å²) in [6.45, 7) is 9.60. The third kappa shape index (κ3) is 74.1. The Morgan fingerprint density at radius 3 is 0.687 bits per heavy atom. The highest BCUT2D eigenvalue weighted by Crippen LogP contribution is 2.45. The predicted molar refractivity (Wildman–Crippen MR) is 405 cm³/mol. The van der Waals surface area contributed by atoms with Gasteiger partial charge in [-0.1, -0.05) is 369 Å². The van der Waals surface area contributed by atoms with E-state index in [9.17, 15) is 43.2 Å². The van der Waals surface area contributed by atoms with Crippen molar-refractivity contribution in [2.75, 3.05) is 39.6 Å². The Morgan fingerprint density at radius 2 is 0.465 bits per heavy atom. The summed E-state index contributed by atoms with van der Waals surface area (Å²) >= 11 is 0. The van der Waals surface area contributed by atoms with Crippen molar-refractivity contribution in [1.29, 1.82) is 0 Å². The van der Waals surface area contributed by atoms with Crippen LogP contribution in [0.1, 0.15) is 420 Å². The zero-order chi connectivity index (χ0) is 72.8. The molecule has 0 aliphatic heterocycles. The zero-order valence-corrected chi connectivity index (χ0v) is 66.6. The molecule has 0 aromatic carbocycles. The van der Waals surface area contributed by atoms with Crippen LogP contribution in [0.5, 0.6) is 0 Å². The molecular weight excluding hydrogens is 1290 g/mol. The lowest BCUT2D eigenvalue weighted by Gasteiger charge is -2.21. The highest BCUT2D eigenvalue weighted by molar-refractivity contribution is 7.47. The summed E-state index contributed by atoms with van der Waals surface area (Å²) in [5.74, 6) is -0.613. The third-order valence-corrected chi connectivity index (χ3v) is 20.6. The first kappa shape index (κ1) is 97.1. The third-order valence-electron chi connectivity index (χ3n) is 18.7. The van der Waals surface area contributed by atoms with Crippen molar-refractivity contribution in [2.45, 2.75) is 439 Å². The van der Waals surface area contributed by atoms with Crippen molar-refractivity contribution < 1.29 is 80.2 Å². The molecule has 0 heterocycles. The fourth-order valence-electron chi connectivity index (χ4n) is 12.4. The molecule has 588 valence electrons. The van der Waals surface area contributed by atoms with Gasteiger partial charge in [0.2, 0.25) is 0 Å². The smallest absolute Gasteiger partial charge is 0.462 e. The summed E-state index contributed by atoms with van der Waals surface area (Å²) in [7, 11) is -9.92. The number of unbranched alkanes of at least 4 members (excludes halogenated alkanes) is 49. The predicted octanol–water partition coefficient (Wildman–Crippen LogP) is 23.9. The molecule has 0 bridgehead atoms. The van der Waals surface area contributed by atoms with Gasteiger partial charge in [0.15, 0.2) is 12.2 Å². The van der Waals surface area contributed by atoms with Crippen LogP contribution >= 0.6 is 15.6 Å². The van der Waals surface area contributed by atoms with Crippen LogP contribution in [0.2, 0.25) is 0 Å². The highest BCUT2D eigenvalue weighted by atomic mass is 31.2. The van der Waals surface area contributed by atoms with Crippen molar-refractivity contribution >= 4 is 39.5 Å². The van der Waals surface area contributed by atoms with Crippen LogP contribution in [-0.4, -0.2) is 96.7 Å². The minimum absolute atomic E-state index is 0.107. The van der Waals surface area contributed by atoms with Gasteiger partial charge < -0.3 is 33.8 Å². The molecule has 0 fully saturated rings. The van der Waals surface area contributed by atoms with Crippen molar-refractivity contribution in [3.05, 3.63) is 0 Å². The van der Waals surface area contributed by atoms with Crippen LogP contribution in [0, 0.1) is 11.8 Å². The minimum Gasteiger partial charge on any atom is -0.462 e. The van der Waals surface area contributed by atoms with E-state index in [4.69, 9.17) is 37.0 Å². The molecule has 19 heteroatoms. The number of phosphoric ester groups is 2. The second kappa shape index (κ2) is 71.7. The van der Waals surface area contributed by atoms with Gasteiger partial charge in [0.25, 0.3) is 0 Å². The van der Waals surface area contributed by atoms with Gasteiger partial charge in [-0.25, -0.2) is 9.13 Å².